The monoisotopic (exact) mass is 392 g/mol. The Morgan fingerprint density at radius 3 is 2.55 bits per heavy atom. The van der Waals surface area contributed by atoms with E-state index in [0.717, 1.165) is 5.56 Å². The maximum atomic E-state index is 12.8. The smallest absolute Gasteiger partial charge is 0.231 e. The first-order chi connectivity index (χ1) is 13.9. The predicted octanol–water partition coefficient (Wildman–Crippen LogP) is 3.16. The molecule has 0 atom stereocenters. The Kier molecular flexibility index (Phi) is 6.09. The molecule has 0 saturated carbocycles. The number of aromatic nitrogens is 1. The first kappa shape index (κ1) is 20.3. The summed E-state index contributed by atoms with van der Waals surface area (Å²) in [6.45, 7) is 4.18. The van der Waals surface area contributed by atoms with Gasteiger partial charge in [0.25, 0.3) is 0 Å². The zero-order valence-electron chi connectivity index (χ0n) is 16.4. The number of benzene rings is 2. The number of aliphatic hydroxyl groups is 1. The molecule has 0 aliphatic heterocycles. The molecule has 0 aliphatic carbocycles. The minimum absolute atomic E-state index is 0.00927. The number of nitrogens with one attached hydrogen (secondary N) is 3. The van der Waals surface area contributed by atoms with Crippen LogP contribution in [0.25, 0.3) is 0 Å². The standard InChI is InChI=1S/C22H24N4O3/c1-22(2,18-14-19(29-26-18)25-21(23)24-11-12-27)17-10-6-9-16(13-17)20(28)15-7-4-3-5-8-15/h3-10,13-14,27H,11-12H2,1-2H3,(H3,23,24,25). The van der Waals surface area contributed by atoms with Gasteiger partial charge in [-0.15, -0.1) is 0 Å². The third kappa shape index (κ3) is 4.70. The van der Waals surface area contributed by atoms with E-state index in [1.807, 2.05) is 50.2 Å². The van der Waals surface area contributed by atoms with Crippen LogP contribution < -0.4 is 10.6 Å². The molecule has 7 nitrogen and oxygen atoms in total. The number of carbonyl (C=O) groups excluding carboxylic acids is 1. The third-order valence-electron chi connectivity index (χ3n) is 4.69. The molecule has 1 aromatic heterocycles. The molecular weight excluding hydrogens is 368 g/mol. The van der Waals surface area contributed by atoms with Crippen LogP contribution >= 0.6 is 0 Å². The second-order valence-corrected chi connectivity index (χ2v) is 7.13. The van der Waals surface area contributed by atoms with Gasteiger partial charge < -0.3 is 14.9 Å². The third-order valence-corrected chi connectivity index (χ3v) is 4.69. The highest BCUT2D eigenvalue weighted by atomic mass is 16.5. The fraction of sp³-hybridized carbons (Fsp3) is 0.227. The van der Waals surface area contributed by atoms with Gasteiger partial charge in [0.05, 0.1) is 12.3 Å². The van der Waals surface area contributed by atoms with Gasteiger partial charge in [-0.1, -0.05) is 67.5 Å². The first-order valence-corrected chi connectivity index (χ1v) is 9.29. The molecule has 1 heterocycles. The minimum atomic E-state index is -0.517. The summed E-state index contributed by atoms with van der Waals surface area (Å²) in [5.41, 5.74) is 2.33. The van der Waals surface area contributed by atoms with Crippen molar-refractivity contribution in [2.24, 2.45) is 0 Å². The highest BCUT2D eigenvalue weighted by Gasteiger charge is 2.28. The van der Waals surface area contributed by atoms with Gasteiger partial charge in [-0.05, 0) is 11.6 Å². The van der Waals surface area contributed by atoms with Crippen molar-refractivity contribution >= 4 is 17.6 Å². The molecule has 29 heavy (non-hydrogen) atoms. The lowest BCUT2D eigenvalue weighted by molar-refractivity contribution is 0.103. The number of aliphatic hydroxyl groups excluding tert-OH is 1. The van der Waals surface area contributed by atoms with Gasteiger partial charge in [0.2, 0.25) is 5.88 Å². The Hall–Kier alpha value is -3.45. The summed E-state index contributed by atoms with van der Waals surface area (Å²) in [4.78, 5) is 12.8. The van der Waals surface area contributed by atoms with Gasteiger partial charge in [0.1, 0.15) is 0 Å². The molecule has 0 unspecified atom stereocenters. The van der Waals surface area contributed by atoms with Crippen LogP contribution in [0.5, 0.6) is 0 Å². The van der Waals surface area contributed by atoms with Crippen molar-refractivity contribution in [2.45, 2.75) is 19.3 Å². The van der Waals surface area contributed by atoms with Crippen molar-refractivity contribution in [3.63, 3.8) is 0 Å². The summed E-state index contributed by atoms with van der Waals surface area (Å²) < 4.78 is 5.30. The van der Waals surface area contributed by atoms with Crippen LogP contribution in [0.15, 0.2) is 65.2 Å². The van der Waals surface area contributed by atoms with E-state index in [-0.39, 0.29) is 24.9 Å². The average Bonchev–Trinajstić information content (AvgIpc) is 3.21. The summed E-state index contributed by atoms with van der Waals surface area (Å²) in [6.07, 6.45) is 0. The summed E-state index contributed by atoms with van der Waals surface area (Å²) in [5.74, 6) is 0.296. The number of hydrogen-bond acceptors (Lipinski definition) is 5. The Morgan fingerprint density at radius 2 is 1.83 bits per heavy atom. The van der Waals surface area contributed by atoms with E-state index in [2.05, 4.69) is 15.8 Å². The number of carbonyl (C=O) groups is 1. The molecule has 0 radical (unpaired) electrons. The van der Waals surface area contributed by atoms with E-state index >= 15 is 0 Å². The molecule has 3 rings (SSSR count). The Labute approximate surface area is 169 Å². The van der Waals surface area contributed by atoms with Crippen molar-refractivity contribution in [1.82, 2.24) is 10.5 Å². The van der Waals surface area contributed by atoms with Gasteiger partial charge in [0, 0.05) is 29.2 Å². The highest BCUT2D eigenvalue weighted by molar-refractivity contribution is 6.09. The first-order valence-electron chi connectivity index (χ1n) is 9.29. The fourth-order valence-electron chi connectivity index (χ4n) is 2.93. The number of ketones is 1. The zero-order valence-corrected chi connectivity index (χ0v) is 16.4. The van der Waals surface area contributed by atoms with E-state index in [1.54, 1.807) is 24.3 Å². The maximum Gasteiger partial charge on any atom is 0.231 e. The molecule has 0 saturated heterocycles. The molecular formula is C22H24N4O3. The zero-order chi connectivity index (χ0) is 20.9. The van der Waals surface area contributed by atoms with Crippen molar-refractivity contribution in [2.75, 3.05) is 18.5 Å². The number of anilines is 1. The van der Waals surface area contributed by atoms with E-state index in [9.17, 15) is 4.79 Å². The molecule has 0 bridgehead atoms. The Balaban J connectivity index is 1.81. The second kappa shape index (κ2) is 8.70. The van der Waals surface area contributed by atoms with Crippen molar-refractivity contribution in [3.8, 4) is 0 Å². The van der Waals surface area contributed by atoms with E-state index in [1.165, 1.54) is 0 Å². The number of nitrogens with zero attached hydrogens (tertiary/aromatic N) is 1. The van der Waals surface area contributed by atoms with E-state index in [4.69, 9.17) is 15.0 Å². The Bertz CT molecular complexity index is 996. The molecule has 4 N–H and O–H groups in total. The number of hydrogen-bond donors (Lipinski definition) is 4. The fourth-order valence-corrected chi connectivity index (χ4v) is 2.93. The summed E-state index contributed by atoms with van der Waals surface area (Å²) >= 11 is 0. The van der Waals surface area contributed by atoms with Gasteiger partial charge in [-0.3, -0.25) is 15.5 Å². The molecule has 150 valence electrons. The lowest BCUT2D eigenvalue weighted by atomic mass is 9.80. The van der Waals surface area contributed by atoms with Crippen molar-refractivity contribution in [3.05, 3.63) is 83.0 Å². The van der Waals surface area contributed by atoms with Crippen LogP contribution in [0.4, 0.5) is 5.88 Å². The SMILES string of the molecule is CC(C)(c1cccc(C(=O)c2ccccc2)c1)c1cc(NC(=N)NCCO)on1. The molecule has 7 heteroatoms. The molecule has 0 fully saturated rings. The van der Waals surface area contributed by atoms with Crippen LogP contribution in [-0.4, -0.2) is 35.2 Å². The minimum Gasteiger partial charge on any atom is -0.395 e. The summed E-state index contributed by atoms with van der Waals surface area (Å²) in [5, 5.41) is 26.1. The quantitative estimate of drug-likeness (QED) is 0.279. The van der Waals surface area contributed by atoms with Crippen LogP contribution in [0.2, 0.25) is 0 Å². The van der Waals surface area contributed by atoms with Gasteiger partial charge in [0.15, 0.2) is 11.7 Å². The number of guanidine groups is 1. The van der Waals surface area contributed by atoms with Crippen molar-refractivity contribution in [1.29, 1.82) is 5.41 Å². The van der Waals surface area contributed by atoms with Crippen LogP contribution in [0, 0.1) is 5.41 Å². The highest BCUT2D eigenvalue weighted by Crippen LogP contribution is 2.32. The summed E-state index contributed by atoms with van der Waals surface area (Å²) in [6, 6.07) is 18.4. The molecule has 0 aliphatic rings. The number of rotatable bonds is 7. The van der Waals surface area contributed by atoms with E-state index < -0.39 is 5.41 Å². The van der Waals surface area contributed by atoms with Crippen LogP contribution in [0.3, 0.4) is 0 Å². The largest absolute Gasteiger partial charge is 0.395 e. The van der Waals surface area contributed by atoms with Gasteiger partial charge in [-0.25, -0.2) is 0 Å². The van der Waals surface area contributed by atoms with Crippen molar-refractivity contribution < 1.29 is 14.4 Å². The maximum absolute atomic E-state index is 12.8. The topological polar surface area (TPSA) is 111 Å². The molecule has 0 spiro atoms. The van der Waals surface area contributed by atoms with Gasteiger partial charge >= 0.3 is 0 Å². The lowest BCUT2D eigenvalue weighted by Crippen LogP contribution is -2.31. The van der Waals surface area contributed by atoms with Gasteiger partial charge in [-0.2, -0.15) is 0 Å². The van der Waals surface area contributed by atoms with Crippen LogP contribution in [-0.2, 0) is 5.41 Å². The molecule has 3 aromatic rings. The lowest BCUT2D eigenvalue weighted by Gasteiger charge is -2.22. The van der Waals surface area contributed by atoms with Crippen LogP contribution in [0.1, 0.15) is 41.0 Å². The average molecular weight is 392 g/mol. The molecule has 0 amide bonds. The second-order valence-electron chi connectivity index (χ2n) is 7.13. The normalized spacial score (nSPS) is 11.1. The molecule has 2 aromatic carbocycles. The predicted molar refractivity (Wildman–Crippen MR) is 111 cm³/mol. The van der Waals surface area contributed by atoms with E-state index in [0.29, 0.717) is 22.7 Å². The Morgan fingerprint density at radius 1 is 1.10 bits per heavy atom. The summed E-state index contributed by atoms with van der Waals surface area (Å²) in [7, 11) is 0.